The third-order valence-electron chi connectivity index (χ3n) is 3.33. The second-order valence-electron chi connectivity index (χ2n) is 4.39. The number of halogens is 1. The van der Waals surface area contributed by atoms with Gasteiger partial charge in [-0.3, -0.25) is 4.79 Å². The van der Waals surface area contributed by atoms with Crippen LogP contribution in [0.15, 0.2) is 22.9 Å². The van der Waals surface area contributed by atoms with Crippen LogP contribution in [-0.2, 0) is 9.53 Å². The van der Waals surface area contributed by atoms with Gasteiger partial charge in [-0.1, -0.05) is 0 Å². The molecule has 0 aromatic carbocycles. The van der Waals surface area contributed by atoms with Crippen LogP contribution in [0, 0.1) is 5.41 Å². The summed E-state index contributed by atoms with van der Waals surface area (Å²) in [4.78, 5) is 16.4. The molecule has 1 saturated heterocycles. The van der Waals surface area contributed by atoms with Gasteiger partial charge < -0.3 is 15.8 Å². The number of amides is 1. The highest BCUT2D eigenvalue weighted by atomic mass is 79.9. The van der Waals surface area contributed by atoms with Gasteiger partial charge in [0, 0.05) is 26.0 Å². The maximum atomic E-state index is 12.4. The third kappa shape index (κ3) is 2.71. The number of carbonyl (C=O) groups is 1. The van der Waals surface area contributed by atoms with Crippen LogP contribution in [0.3, 0.4) is 0 Å². The number of hydrogen-bond acceptors (Lipinski definition) is 4. The van der Waals surface area contributed by atoms with E-state index in [0.717, 1.165) is 0 Å². The summed E-state index contributed by atoms with van der Waals surface area (Å²) in [6, 6.07) is 3.58. The van der Waals surface area contributed by atoms with Gasteiger partial charge in [0.05, 0.1) is 11.1 Å². The van der Waals surface area contributed by atoms with Gasteiger partial charge in [0.15, 0.2) is 0 Å². The van der Waals surface area contributed by atoms with Crippen molar-refractivity contribution in [2.75, 3.05) is 25.1 Å². The average Bonchev–Trinajstić information content (AvgIpc) is 2.42. The molecule has 1 aliphatic heterocycles. The topological polar surface area (TPSA) is 77.2 Å². The van der Waals surface area contributed by atoms with Crippen LogP contribution in [0.2, 0.25) is 0 Å². The molecule has 0 bridgehead atoms. The fourth-order valence-corrected chi connectivity index (χ4v) is 2.37. The molecule has 0 spiro atoms. The largest absolute Gasteiger partial charge is 0.381 e. The van der Waals surface area contributed by atoms with Crippen LogP contribution in [0.1, 0.15) is 12.8 Å². The highest BCUT2D eigenvalue weighted by Crippen LogP contribution is 2.31. The van der Waals surface area contributed by atoms with Gasteiger partial charge >= 0.3 is 0 Å². The number of hydrogen-bond donors (Lipinski definition) is 2. The minimum absolute atomic E-state index is 0.0537. The first kappa shape index (κ1) is 13.5. The van der Waals surface area contributed by atoms with Gasteiger partial charge in [-0.05, 0) is 40.9 Å². The van der Waals surface area contributed by atoms with Crippen molar-refractivity contribution in [1.29, 1.82) is 0 Å². The van der Waals surface area contributed by atoms with E-state index in [-0.39, 0.29) is 5.91 Å². The van der Waals surface area contributed by atoms with Crippen molar-refractivity contribution in [2.45, 2.75) is 12.8 Å². The monoisotopic (exact) mass is 313 g/mol. The molecule has 3 N–H and O–H groups in total. The highest BCUT2D eigenvalue weighted by molar-refractivity contribution is 9.10. The molecule has 1 fully saturated rings. The van der Waals surface area contributed by atoms with E-state index in [1.54, 1.807) is 18.3 Å². The predicted octanol–water partition coefficient (Wildman–Crippen LogP) is 1.54. The van der Waals surface area contributed by atoms with Crippen molar-refractivity contribution < 1.29 is 9.53 Å². The Kier molecular flexibility index (Phi) is 4.31. The molecule has 0 radical (unpaired) electrons. The van der Waals surface area contributed by atoms with Crippen molar-refractivity contribution in [3.05, 3.63) is 22.9 Å². The Hall–Kier alpha value is -0.980. The fraction of sp³-hybridized carbons (Fsp3) is 0.500. The van der Waals surface area contributed by atoms with Crippen LogP contribution in [-0.4, -0.2) is 30.6 Å². The Morgan fingerprint density at radius 2 is 2.28 bits per heavy atom. The van der Waals surface area contributed by atoms with E-state index < -0.39 is 5.41 Å². The van der Waals surface area contributed by atoms with E-state index in [2.05, 4.69) is 26.2 Å². The molecule has 18 heavy (non-hydrogen) atoms. The molecule has 0 aliphatic carbocycles. The molecule has 0 saturated carbocycles. The summed E-state index contributed by atoms with van der Waals surface area (Å²) in [5.74, 6) is -0.0537. The number of carbonyl (C=O) groups excluding carboxylic acids is 1. The maximum Gasteiger partial charge on any atom is 0.232 e. The Morgan fingerprint density at radius 3 is 2.89 bits per heavy atom. The lowest BCUT2D eigenvalue weighted by Gasteiger charge is -2.34. The summed E-state index contributed by atoms with van der Waals surface area (Å²) in [5.41, 5.74) is 5.94. The predicted molar refractivity (Wildman–Crippen MR) is 72.1 cm³/mol. The summed E-state index contributed by atoms with van der Waals surface area (Å²) in [7, 11) is 0. The smallest absolute Gasteiger partial charge is 0.232 e. The Labute approximate surface area is 114 Å². The average molecular weight is 314 g/mol. The zero-order chi connectivity index (χ0) is 13.0. The number of nitrogens with two attached hydrogens (primary N) is 1. The van der Waals surface area contributed by atoms with E-state index in [4.69, 9.17) is 10.5 Å². The molecule has 2 heterocycles. The van der Waals surface area contributed by atoms with E-state index in [1.165, 1.54) is 0 Å². The third-order valence-corrected chi connectivity index (χ3v) is 3.96. The SMILES string of the molecule is NCC1(C(=O)Nc2cccnc2Br)CCOCC1. The molecule has 6 heteroatoms. The molecule has 1 aromatic heterocycles. The van der Waals surface area contributed by atoms with Gasteiger partial charge in [-0.25, -0.2) is 4.98 Å². The maximum absolute atomic E-state index is 12.4. The number of rotatable bonds is 3. The van der Waals surface area contributed by atoms with Crippen LogP contribution < -0.4 is 11.1 Å². The summed E-state index contributed by atoms with van der Waals surface area (Å²) in [5, 5.41) is 2.89. The molecule has 1 aromatic rings. The van der Waals surface area contributed by atoms with Crippen molar-refractivity contribution in [1.82, 2.24) is 4.98 Å². The lowest BCUT2D eigenvalue weighted by Crippen LogP contribution is -2.46. The molecule has 0 unspecified atom stereocenters. The first-order valence-electron chi connectivity index (χ1n) is 5.88. The molecule has 5 nitrogen and oxygen atoms in total. The number of nitrogens with zero attached hydrogens (tertiary/aromatic N) is 1. The van der Waals surface area contributed by atoms with E-state index in [1.807, 2.05) is 0 Å². The lowest BCUT2D eigenvalue weighted by atomic mass is 9.79. The molecular formula is C12H16BrN3O2. The summed E-state index contributed by atoms with van der Waals surface area (Å²) < 4.78 is 5.92. The first-order valence-corrected chi connectivity index (χ1v) is 6.67. The van der Waals surface area contributed by atoms with Crippen LogP contribution in [0.4, 0.5) is 5.69 Å². The molecule has 1 amide bonds. The summed E-state index contributed by atoms with van der Waals surface area (Å²) in [6.07, 6.45) is 2.98. The Balaban J connectivity index is 2.13. The van der Waals surface area contributed by atoms with Gasteiger partial charge in [0.1, 0.15) is 4.60 Å². The van der Waals surface area contributed by atoms with Crippen LogP contribution >= 0.6 is 15.9 Å². The molecule has 0 atom stereocenters. The standard InChI is InChI=1S/C12H16BrN3O2/c13-10-9(2-1-5-15-10)16-11(17)12(8-14)3-6-18-7-4-12/h1-2,5H,3-4,6-8,14H2,(H,16,17). The summed E-state index contributed by atoms with van der Waals surface area (Å²) >= 11 is 3.31. The zero-order valence-electron chi connectivity index (χ0n) is 9.99. The first-order chi connectivity index (χ1) is 8.68. The number of anilines is 1. The minimum atomic E-state index is -0.520. The second-order valence-corrected chi connectivity index (χ2v) is 5.14. The van der Waals surface area contributed by atoms with E-state index in [0.29, 0.717) is 42.9 Å². The van der Waals surface area contributed by atoms with Crippen LogP contribution in [0.5, 0.6) is 0 Å². The Bertz CT molecular complexity index is 433. The van der Waals surface area contributed by atoms with Crippen molar-refractivity contribution in [3.63, 3.8) is 0 Å². The van der Waals surface area contributed by atoms with E-state index >= 15 is 0 Å². The second kappa shape index (κ2) is 5.77. The number of pyridine rings is 1. The molecule has 1 aliphatic rings. The molecular weight excluding hydrogens is 298 g/mol. The van der Waals surface area contributed by atoms with Crippen LogP contribution in [0.25, 0.3) is 0 Å². The quantitative estimate of drug-likeness (QED) is 0.830. The van der Waals surface area contributed by atoms with Gasteiger partial charge in [-0.15, -0.1) is 0 Å². The highest BCUT2D eigenvalue weighted by Gasteiger charge is 2.38. The van der Waals surface area contributed by atoms with E-state index in [9.17, 15) is 4.79 Å². The van der Waals surface area contributed by atoms with Gasteiger partial charge in [0.2, 0.25) is 5.91 Å². The molecule has 2 rings (SSSR count). The fourth-order valence-electron chi connectivity index (χ4n) is 2.02. The number of ether oxygens (including phenoxy) is 1. The number of aromatic nitrogens is 1. The zero-order valence-corrected chi connectivity index (χ0v) is 11.6. The minimum Gasteiger partial charge on any atom is -0.381 e. The van der Waals surface area contributed by atoms with Crippen molar-refractivity contribution in [3.8, 4) is 0 Å². The lowest BCUT2D eigenvalue weighted by molar-refractivity contribution is -0.130. The normalized spacial score (nSPS) is 18.3. The van der Waals surface area contributed by atoms with Gasteiger partial charge in [-0.2, -0.15) is 0 Å². The van der Waals surface area contributed by atoms with Crippen molar-refractivity contribution in [2.24, 2.45) is 11.1 Å². The Morgan fingerprint density at radius 1 is 1.56 bits per heavy atom. The number of nitrogens with one attached hydrogen (secondary N) is 1. The molecule has 98 valence electrons. The summed E-state index contributed by atoms with van der Waals surface area (Å²) in [6.45, 7) is 1.50. The van der Waals surface area contributed by atoms with Gasteiger partial charge in [0.25, 0.3) is 0 Å². The van der Waals surface area contributed by atoms with Crippen molar-refractivity contribution >= 4 is 27.5 Å².